The summed E-state index contributed by atoms with van der Waals surface area (Å²) in [6.07, 6.45) is -2.73. The number of halogens is 3. The summed E-state index contributed by atoms with van der Waals surface area (Å²) in [4.78, 5) is -0.152. The zero-order valence-electron chi connectivity index (χ0n) is 11.4. The van der Waals surface area contributed by atoms with E-state index in [1.54, 1.807) is 0 Å². The van der Waals surface area contributed by atoms with Gasteiger partial charge in [-0.05, 0) is 15.9 Å². The number of alkyl halides is 2. The Morgan fingerprint density at radius 3 is 2.55 bits per heavy atom. The highest BCUT2D eigenvalue weighted by atomic mass is 79.9. The van der Waals surface area contributed by atoms with Gasteiger partial charge < -0.3 is 9.73 Å². The lowest BCUT2D eigenvalue weighted by molar-refractivity contribution is 0.126. The highest BCUT2D eigenvalue weighted by Crippen LogP contribution is 2.28. The first kappa shape index (κ1) is 17.5. The van der Waals surface area contributed by atoms with Crippen LogP contribution in [0.15, 0.2) is 20.0 Å². The van der Waals surface area contributed by atoms with E-state index in [0.29, 0.717) is 16.6 Å². The zero-order chi connectivity index (χ0) is 15.5. The number of furan rings is 1. The number of nitrogens with zero attached hydrogens (tertiary/aromatic N) is 1. The van der Waals surface area contributed by atoms with Gasteiger partial charge in [-0.15, -0.1) is 0 Å². The van der Waals surface area contributed by atoms with Crippen molar-refractivity contribution in [3.05, 3.63) is 16.5 Å². The SMILES string of the molecule is CC(C)NCc1cc(S(=O)(=O)N(C)CC(F)F)c(Br)o1. The Morgan fingerprint density at radius 2 is 2.05 bits per heavy atom. The van der Waals surface area contributed by atoms with Crippen molar-refractivity contribution in [1.29, 1.82) is 0 Å². The fourth-order valence-corrected chi connectivity index (χ4v) is 3.53. The molecule has 5 nitrogen and oxygen atoms in total. The molecule has 0 unspecified atom stereocenters. The molecule has 1 aromatic rings. The number of hydrogen-bond acceptors (Lipinski definition) is 4. The van der Waals surface area contributed by atoms with E-state index in [2.05, 4.69) is 21.2 Å². The minimum absolute atomic E-state index is 0.0131. The third kappa shape index (κ3) is 4.51. The predicted octanol–water partition coefficient (Wildman–Crippen LogP) is 2.43. The monoisotopic (exact) mass is 374 g/mol. The molecule has 0 fully saturated rings. The molecule has 0 aliphatic heterocycles. The lowest BCUT2D eigenvalue weighted by Gasteiger charge is -2.15. The van der Waals surface area contributed by atoms with Gasteiger partial charge in [0.2, 0.25) is 10.0 Å². The number of hydrogen-bond donors (Lipinski definition) is 1. The molecule has 0 aromatic carbocycles. The summed E-state index contributed by atoms with van der Waals surface area (Å²) in [6.45, 7) is 3.36. The molecule has 0 radical (unpaired) electrons. The van der Waals surface area contributed by atoms with Gasteiger partial charge in [-0.25, -0.2) is 17.2 Å². The molecule has 1 heterocycles. The summed E-state index contributed by atoms with van der Waals surface area (Å²) >= 11 is 3.01. The second-order valence-corrected chi connectivity index (χ2v) is 7.30. The van der Waals surface area contributed by atoms with E-state index in [4.69, 9.17) is 4.42 Å². The molecule has 1 rings (SSSR count). The van der Waals surface area contributed by atoms with Crippen molar-refractivity contribution in [3.63, 3.8) is 0 Å². The topological polar surface area (TPSA) is 62.6 Å². The first-order chi connectivity index (χ1) is 9.14. The molecule has 0 saturated carbocycles. The number of nitrogens with one attached hydrogen (secondary N) is 1. The van der Waals surface area contributed by atoms with Crippen LogP contribution < -0.4 is 5.32 Å². The predicted molar refractivity (Wildman–Crippen MR) is 74.2 cm³/mol. The Balaban J connectivity index is 2.95. The molecule has 0 spiro atoms. The Hall–Kier alpha value is -0.510. The molecule has 1 N–H and O–H groups in total. The third-order valence-electron chi connectivity index (χ3n) is 2.47. The van der Waals surface area contributed by atoms with Crippen LogP contribution in [-0.4, -0.2) is 38.8 Å². The Kier molecular flexibility index (Phi) is 6.11. The highest BCUT2D eigenvalue weighted by Gasteiger charge is 2.28. The molecule has 116 valence electrons. The van der Waals surface area contributed by atoms with Crippen LogP contribution in [0.4, 0.5) is 8.78 Å². The van der Waals surface area contributed by atoms with E-state index in [1.807, 2.05) is 13.8 Å². The molecular formula is C11H17BrF2N2O3S. The van der Waals surface area contributed by atoms with Crippen molar-refractivity contribution in [3.8, 4) is 0 Å². The van der Waals surface area contributed by atoms with Gasteiger partial charge in [0.05, 0.1) is 13.1 Å². The minimum Gasteiger partial charge on any atom is -0.452 e. The third-order valence-corrected chi connectivity index (χ3v) is 5.15. The van der Waals surface area contributed by atoms with Crippen molar-refractivity contribution in [2.45, 2.75) is 37.8 Å². The first-order valence-corrected chi connectivity index (χ1v) is 8.14. The van der Waals surface area contributed by atoms with Gasteiger partial charge in [-0.1, -0.05) is 13.8 Å². The van der Waals surface area contributed by atoms with Crippen LogP contribution in [0.1, 0.15) is 19.6 Å². The smallest absolute Gasteiger partial charge is 0.252 e. The zero-order valence-corrected chi connectivity index (χ0v) is 13.8. The molecule has 1 aromatic heterocycles. The largest absolute Gasteiger partial charge is 0.452 e. The van der Waals surface area contributed by atoms with Crippen molar-refractivity contribution in [1.82, 2.24) is 9.62 Å². The van der Waals surface area contributed by atoms with Gasteiger partial charge >= 0.3 is 0 Å². The van der Waals surface area contributed by atoms with Crippen LogP contribution in [0.2, 0.25) is 0 Å². The maximum Gasteiger partial charge on any atom is 0.252 e. The quantitative estimate of drug-likeness (QED) is 0.795. The van der Waals surface area contributed by atoms with Gasteiger partial charge in [0.25, 0.3) is 6.43 Å². The second kappa shape index (κ2) is 6.97. The fraction of sp³-hybridized carbons (Fsp3) is 0.636. The normalized spacial score (nSPS) is 12.8. The van der Waals surface area contributed by atoms with Crippen LogP contribution in [0.5, 0.6) is 0 Å². The molecule has 20 heavy (non-hydrogen) atoms. The van der Waals surface area contributed by atoms with Gasteiger partial charge in [0.15, 0.2) is 4.67 Å². The fourth-order valence-electron chi connectivity index (χ4n) is 1.43. The van der Waals surface area contributed by atoms with E-state index < -0.39 is 23.0 Å². The summed E-state index contributed by atoms with van der Waals surface area (Å²) in [5.74, 6) is 0.412. The van der Waals surface area contributed by atoms with Gasteiger partial charge in [-0.2, -0.15) is 4.31 Å². The summed E-state index contributed by atoms with van der Waals surface area (Å²) in [7, 11) is -2.89. The van der Waals surface area contributed by atoms with Crippen LogP contribution in [-0.2, 0) is 16.6 Å². The average Bonchev–Trinajstić information content (AvgIpc) is 2.67. The van der Waals surface area contributed by atoms with Crippen LogP contribution >= 0.6 is 15.9 Å². The molecule has 0 bridgehead atoms. The first-order valence-electron chi connectivity index (χ1n) is 5.90. The molecule has 9 heteroatoms. The van der Waals surface area contributed by atoms with E-state index in [-0.39, 0.29) is 15.6 Å². The van der Waals surface area contributed by atoms with Crippen molar-refractivity contribution >= 4 is 26.0 Å². The second-order valence-electron chi connectivity index (χ2n) is 4.56. The van der Waals surface area contributed by atoms with Gasteiger partial charge in [0, 0.05) is 19.2 Å². The molecule has 0 aliphatic rings. The summed E-state index contributed by atoms with van der Waals surface area (Å²) in [6, 6.07) is 1.54. The molecule has 0 saturated heterocycles. The maximum absolute atomic E-state index is 12.3. The molecule has 0 aliphatic carbocycles. The van der Waals surface area contributed by atoms with Crippen molar-refractivity contribution in [2.75, 3.05) is 13.6 Å². The van der Waals surface area contributed by atoms with Gasteiger partial charge in [0.1, 0.15) is 10.7 Å². The Morgan fingerprint density at radius 1 is 1.45 bits per heavy atom. The summed E-state index contributed by atoms with van der Waals surface area (Å²) in [5, 5.41) is 3.07. The number of rotatable bonds is 7. The van der Waals surface area contributed by atoms with E-state index in [0.717, 1.165) is 7.05 Å². The lowest BCUT2D eigenvalue weighted by atomic mass is 10.3. The molecular weight excluding hydrogens is 358 g/mol. The Labute approximate surface area is 125 Å². The average molecular weight is 375 g/mol. The Bertz CT molecular complexity index is 546. The van der Waals surface area contributed by atoms with Crippen LogP contribution in [0.25, 0.3) is 0 Å². The van der Waals surface area contributed by atoms with Crippen LogP contribution in [0.3, 0.4) is 0 Å². The standard InChI is InChI=1S/C11H17BrF2N2O3S/c1-7(2)15-5-8-4-9(11(12)19-8)20(17,18)16(3)6-10(13)14/h4,7,10,15H,5-6H2,1-3H3. The minimum atomic E-state index is -4.00. The highest BCUT2D eigenvalue weighted by molar-refractivity contribution is 9.10. The molecule has 0 atom stereocenters. The lowest BCUT2D eigenvalue weighted by Crippen LogP contribution is -2.31. The molecule has 0 amide bonds. The maximum atomic E-state index is 12.3. The summed E-state index contributed by atoms with van der Waals surface area (Å²) < 4.78 is 54.7. The van der Waals surface area contributed by atoms with E-state index in [9.17, 15) is 17.2 Å². The van der Waals surface area contributed by atoms with Crippen LogP contribution in [0, 0.1) is 0 Å². The van der Waals surface area contributed by atoms with E-state index >= 15 is 0 Å². The van der Waals surface area contributed by atoms with Crippen molar-refractivity contribution < 1.29 is 21.6 Å². The van der Waals surface area contributed by atoms with Gasteiger partial charge in [-0.3, -0.25) is 0 Å². The number of sulfonamides is 1. The summed E-state index contributed by atoms with van der Waals surface area (Å²) in [5.41, 5.74) is 0. The van der Waals surface area contributed by atoms with E-state index in [1.165, 1.54) is 6.07 Å². The van der Waals surface area contributed by atoms with Crippen molar-refractivity contribution in [2.24, 2.45) is 0 Å².